The van der Waals surface area contributed by atoms with Crippen LogP contribution in [0.3, 0.4) is 0 Å². The first-order valence-electron chi connectivity index (χ1n) is 7.81. The van der Waals surface area contributed by atoms with E-state index in [1.54, 1.807) is 7.11 Å². The Bertz CT molecular complexity index is 846. The van der Waals surface area contributed by atoms with Crippen molar-refractivity contribution in [3.05, 3.63) is 53.9 Å². The highest BCUT2D eigenvalue weighted by Gasteiger charge is 2.20. The second-order valence-electron chi connectivity index (χ2n) is 6.92. The van der Waals surface area contributed by atoms with Gasteiger partial charge >= 0.3 is 0 Å². The first-order chi connectivity index (χ1) is 10.9. The molecule has 0 aliphatic rings. The molecule has 0 spiro atoms. The van der Waals surface area contributed by atoms with Crippen LogP contribution in [0, 0.1) is 6.92 Å². The van der Waals surface area contributed by atoms with Gasteiger partial charge in [0.1, 0.15) is 0 Å². The van der Waals surface area contributed by atoms with Gasteiger partial charge in [0.15, 0.2) is 0 Å². The summed E-state index contributed by atoms with van der Waals surface area (Å²) in [5.74, 6) is 0.612. The summed E-state index contributed by atoms with van der Waals surface area (Å²) in [4.78, 5) is 9.25. The molecule has 0 bridgehead atoms. The Morgan fingerprint density at radius 3 is 2.39 bits per heavy atom. The van der Waals surface area contributed by atoms with Gasteiger partial charge in [-0.3, -0.25) is 4.98 Å². The largest absolute Gasteiger partial charge is 0.481 e. The molecule has 1 aromatic carbocycles. The Hall–Kier alpha value is -2.42. The molecule has 0 unspecified atom stereocenters. The van der Waals surface area contributed by atoms with Gasteiger partial charge in [0.2, 0.25) is 5.88 Å². The minimum absolute atomic E-state index is 0.0244. The van der Waals surface area contributed by atoms with E-state index in [2.05, 4.69) is 56.9 Å². The van der Waals surface area contributed by atoms with Crippen molar-refractivity contribution in [3.8, 4) is 17.1 Å². The van der Waals surface area contributed by atoms with E-state index < -0.39 is 0 Å². The van der Waals surface area contributed by atoms with Gasteiger partial charge in [0.25, 0.3) is 0 Å². The van der Waals surface area contributed by atoms with E-state index in [0.717, 1.165) is 17.0 Å². The highest BCUT2D eigenvalue weighted by molar-refractivity contribution is 5.89. The van der Waals surface area contributed by atoms with Crippen LogP contribution in [0.4, 0.5) is 0 Å². The topological polar surface area (TPSA) is 35.0 Å². The maximum Gasteiger partial charge on any atom is 0.212 e. The number of fused-ring (bicyclic) bond motifs is 1. The Balaban J connectivity index is 2.24. The summed E-state index contributed by atoms with van der Waals surface area (Å²) in [5.41, 5.74) is 4.29. The summed E-state index contributed by atoms with van der Waals surface area (Å²) in [6.45, 7) is 8.71. The fourth-order valence-electron chi connectivity index (χ4n) is 2.75. The number of hydrogen-bond acceptors (Lipinski definition) is 3. The smallest absolute Gasteiger partial charge is 0.212 e. The van der Waals surface area contributed by atoms with Crippen LogP contribution in [0.5, 0.6) is 5.88 Å². The lowest BCUT2D eigenvalue weighted by Gasteiger charge is -2.21. The molecule has 0 fully saturated rings. The van der Waals surface area contributed by atoms with E-state index in [1.165, 1.54) is 16.3 Å². The number of nitrogens with zero attached hydrogens (tertiary/aromatic N) is 2. The quantitative estimate of drug-likeness (QED) is 0.674. The third kappa shape index (κ3) is 3.04. The molecular weight excluding hydrogens is 284 g/mol. The van der Waals surface area contributed by atoms with Crippen molar-refractivity contribution in [1.29, 1.82) is 0 Å². The molecular formula is C20H22N2O. The fourth-order valence-corrected chi connectivity index (χ4v) is 2.75. The summed E-state index contributed by atoms with van der Waals surface area (Å²) in [6.07, 6.45) is 1.81. The van der Waals surface area contributed by atoms with Gasteiger partial charge in [-0.2, -0.15) is 0 Å². The fraction of sp³-hybridized carbons (Fsp3) is 0.300. The van der Waals surface area contributed by atoms with E-state index >= 15 is 0 Å². The molecule has 118 valence electrons. The van der Waals surface area contributed by atoms with Crippen molar-refractivity contribution in [2.75, 3.05) is 7.11 Å². The second kappa shape index (κ2) is 5.65. The lowest BCUT2D eigenvalue weighted by Crippen LogP contribution is -2.14. The molecule has 0 saturated carbocycles. The molecule has 3 rings (SSSR count). The van der Waals surface area contributed by atoms with Crippen LogP contribution in [0.2, 0.25) is 0 Å². The molecule has 0 saturated heterocycles. The van der Waals surface area contributed by atoms with Crippen LogP contribution in [0.25, 0.3) is 22.0 Å². The molecule has 0 aliphatic heterocycles. The van der Waals surface area contributed by atoms with Gasteiger partial charge in [-0.1, -0.05) is 44.5 Å². The number of pyridine rings is 2. The highest BCUT2D eigenvalue weighted by atomic mass is 16.5. The third-order valence-electron chi connectivity index (χ3n) is 3.94. The predicted octanol–water partition coefficient (Wildman–Crippen LogP) is 4.91. The van der Waals surface area contributed by atoms with Crippen molar-refractivity contribution in [2.24, 2.45) is 0 Å². The number of benzene rings is 1. The Labute approximate surface area is 137 Å². The molecule has 2 aromatic heterocycles. The summed E-state index contributed by atoms with van der Waals surface area (Å²) in [5, 5.41) is 2.43. The maximum absolute atomic E-state index is 5.14. The lowest BCUT2D eigenvalue weighted by atomic mass is 9.87. The van der Waals surface area contributed by atoms with E-state index in [0.29, 0.717) is 5.88 Å². The predicted molar refractivity (Wildman–Crippen MR) is 95.0 cm³/mol. The number of ether oxygens (including phenoxy) is 1. The molecule has 0 N–H and O–H groups in total. The maximum atomic E-state index is 5.14. The van der Waals surface area contributed by atoms with Crippen LogP contribution in [0.15, 0.2) is 42.6 Å². The molecule has 3 nitrogen and oxygen atoms in total. The summed E-state index contributed by atoms with van der Waals surface area (Å²) >= 11 is 0. The first-order valence-corrected chi connectivity index (χ1v) is 7.81. The first kappa shape index (κ1) is 15.5. The summed E-state index contributed by atoms with van der Waals surface area (Å²) in [6, 6.07) is 12.5. The monoisotopic (exact) mass is 306 g/mol. The van der Waals surface area contributed by atoms with E-state index in [-0.39, 0.29) is 5.41 Å². The van der Waals surface area contributed by atoms with Crippen molar-refractivity contribution in [2.45, 2.75) is 33.1 Å². The minimum atomic E-state index is -0.0244. The van der Waals surface area contributed by atoms with E-state index in [1.807, 2.05) is 18.3 Å². The zero-order valence-corrected chi connectivity index (χ0v) is 14.3. The van der Waals surface area contributed by atoms with Gasteiger partial charge in [-0.05, 0) is 24.4 Å². The van der Waals surface area contributed by atoms with Crippen molar-refractivity contribution >= 4 is 10.8 Å². The molecule has 3 aromatic rings. The normalized spacial score (nSPS) is 11.7. The Morgan fingerprint density at radius 1 is 1.00 bits per heavy atom. The zero-order chi connectivity index (χ0) is 16.6. The minimum Gasteiger partial charge on any atom is -0.481 e. The summed E-state index contributed by atoms with van der Waals surface area (Å²) < 4.78 is 5.14. The number of rotatable bonds is 2. The average Bonchev–Trinajstić information content (AvgIpc) is 2.52. The second-order valence-corrected chi connectivity index (χ2v) is 6.92. The number of aryl methyl sites for hydroxylation is 1. The van der Waals surface area contributed by atoms with Crippen LogP contribution < -0.4 is 4.74 Å². The van der Waals surface area contributed by atoms with Crippen LogP contribution in [-0.2, 0) is 5.41 Å². The number of hydrogen-bond donors (Lipinski definition) is 0. The van der Waals surface area contributed by atoms with E-state index in [4.69, 9.17) is 9.72 Å². The average molecular weight is 306 g/mol. The Kier molecular flexibility index (Phi) is 3.80. The SMILES string of the molecule is COc1ccc(-c2cc3cc(C)ccc3c(C(C)(C)C)n2)cn1. The van der Waals surface area contributed by atoms with Crippen LogP contribution >= 0.6 is 0 Å². The van der Waals surface area contributed by atoms with Crippen LogP contribution in [0.1, 0.15) is 32.0 Å². The molecule has 0 amide bonds. The van der Waals surface area contributed by atoms with Gasteiger partial charge < -0.3 is 4.74 Å². The molecule has 0 aliphatic carbocycles. The van der Waals surface area contributed by atoms with Crippen molar-refractivity contribution < 1.29 is 4.74 Å². The van der Waals surface area contributed by atoms with Gasteiger partial charge in [0.05, 0.1) is 18.5 Å². The molecule has 3 heteroatoms. The van der Waals surface area contributed by atoms with Crippen LogP contribution in [-0.4, -0.2) is 17.1 Å². The molecule has 0 atom stereocenters. The zero-order valence-electron chi connectivity index (χ0n) is 14.3. The number of methoxy groups -OCH3 is 1. The van der Waals surface area contributed by atoms with Gasteiger partial charge in [-0.15, -0.1) is 0 Å². The van der Waals surface area contributed by atoms with Crippen molar-refractivity contribution in [1.82, 2.24) is 9.97 Å². The lowest BCUT2D eigenvalue weighted by molar-refractivity contribution is 0.398. The Morgan fingerprint density at radius 2 is 1.78 bits per heavy atom. The molecule has 2 heterocycles. The highest BCUT2D eigenvalue weighted by Crippen LogP contribution is 2.32. The third-order valence-corrected chi connectivity index (χ3v) is 3.94. The molecule has 0 radical (unpaired) electrons. The van der Waals surface area contributed by atoms with Gasteiger partial charge in [-0.25, -0.2) is 4.98 Å². The summed E-state index contributed by atoms with van der Waals surface area (Å²) in [7, 11) is 1.62. The standard InChI is InChI=1S/C20H22N2O/c1-13-6-8-16-15(10-13)11-17(22-19(16)20(2,3)4)14-7-9-18(23-5)21-12-14/h6-12H,1-5H3. The molecule has 23 heavy (non-hydrogen) atoms. The van der Waals surface area contributed by atoms with Crippen molar-refractivity contribution in [3.63, 3.8) is 0 Å². The number of aromatic nitrogens is 2. The van der Waals surface area contributed by atoms with E-state index in [9.17, 15) is 0 Å². The van der Waals surface area contributed by atoms with Gasteiger partial charge in [0, 0.05) is 28.6 Å².